The number of halogens is 3. The first kappa shape index (κ1) is 22.5. The van der Waals surface area contributed by atoms with Gasteiger partial charge in [0.1, 0.15) is 11.4 Å². The lowest BCUT2D eigenvalue weighted by molar-refractivity contribution is -0.153. The number of esters is 1. The number of carbonyl (C=O) groups is 1. The molecular formula is C22H23F3N2O4. The Morgan fingerprint density at radius 3 is 2.45 bits per heavy atom. The predicted molar refractivity (Wildman–Crippen MR) is 109 cm³/mol. The summed E-state index contributed by atoms with van der Waals surface area (Å²) in [7, 11) is 1.58. The van der Waals surface area contributed by atoms with Gasteiger partial charge in [-0.2, -0.15) is 13.2 Å². The highest BCUT2D eigenvalue weighted by atomic mass is 19.4. The number of aromatic nitrogens is 2. The number of benzene rings is 1. The van der Waals surface area contributed by atoms with E-state index in [-0.39, 0.29) is 23.7 Å². The second-order valence-electron chi connectivity index (χ2n) is 6.82. The van der Waals surface area contributed by atoms with Crippen molar-refractivity contribution in [2.45, 2.75) is 32.9 Å². The van der Waals surface area contributed by atoms with Gasteiger partial charge in [-0.05, 0) is 49.1 Å². The van der Waals surface area contributed by atoms with Gasteiger partial charge in [0.15, 0.2) is 18.1 Å². The lowest BCUT2D eigenvalue weighted by Gasteiger charge is -2.11. The fourth-order valence-electron chi connectivity index (χ4n) is 3.24. The third-order valence-electron chi connectivity index (χ3n) is 4.65. The molecule has 2 heterocycles. The number of methoxy groups -OCH3 is 1. The Hall–Kier alpha value is -3.23. The van der Waals surface area contributed by atoms with Gasteiger partial charge in [0.2, 0.25) is 0 Å². The number of fused-ring (bicyclic) bond motifs is 1. The first-order valence-corrected chi connectivity index (χ1v) is 9.79. The third kappa shape index (κ3) is 5.28. The molecule has 166 valence electrons. The van der Waals surface area contributed by atoms with Gasteiger partial charge in [0, 0.05) is 5.69 Å². The Kier molecular flexibility index (Phi) is 6.72. The summed E-state index contributed by atoms with van der Waals surface area (Å²) in [6.07, 6.45) is -3.44. The van der Waals surface area contributed by atoms with Crippen LogP contribution in [0.3, 0.4) is 0 Å². The standard InChI is InChI=1S/C22H23F3N2O4/c1-4-17-14(10-13-6-8-15(29-3)9-7-13)11-16-19(31-12-22(23,24)25)18(21(28)30-5-2)27-20(16)26-17/h6-9,11H,4-5,10,12H2,1-3H3,(H,26,27). The van der Waals surface area contributed by atoms with Crippen LogP contribution in [0.4, 0.5) is 13.2 Å². The van der Waals surface area contributed by atoms with Crippen molar-refractivity contribution in [2.75, 3.05) is 20.3 Å². The Bertz CT molecular complexity index is 1060. The molecule has 6 nitrogen and oxygen atoms in total. The van der Waals surface area contributed by atoms with Crippen LogP contribution < -0.4 is 9.47 Å². The molecule has 0 saturated heterocycles. The van der Waals surface area contributed by atoms with Crippen molar-refractivity contribution in [3.63, 3.8) is 0 Å². The van der Waals surface area contributed by atoms with Crippen molar-refractivity contribution in [1.82, 2.24) is 9.97 Å². The lowest BCUT2D eigenvalue weighted by atomic mass is 10.0. The molecule has 3 rings (SSSR count). The molecule has 0 aliphatic rings. The summed E-state index contributed by atoms with van der Waals surface area (Å²) in [5.41, 5.74) is 2.66. The van der Waals surface area contributed by atoms with Crippen LogP contribution in [-0.4, -0.2) is 42.4 Å². The Morgan fingerprint density at radius 2 is 1.87 bits per heavy atom. The molecule has 0 spiro atoms. The number of pyridine rings is 1. The smallest absolute Gasteiger partial charge is 0.422 e. The van der Waals surface area contributed by atoms with Crippen LogP contribution in [0.25, 0.3) is 11.0 Å². The van der Waals surface area contributed by atoms with Gasteiger partial charge in [-0.25, -0.2) is 9.78 Å². The number of aromatic amines is 1. The number of alkyl halides is 3. The molecule has 1 aromatic carbocycles. The Balaban J connectivity index is 2.07. The zero-order valence-corrected chi connectivity index (χ0v) is 17.4. The number of nitrogens with zero attached hydrogens (tertiary/aromatic N) is 1. The number of hydrogen-bond donors (Lipinski definition) is 1. The molecule has 0 amide bonds. The SMILES string of the molecule is CCOC(=O)c1[nH]c2nc(CC)c(Cc3ccc(OC)cc3)cc2c1OCC(F)(F)F. The minimum absolute atomic E-state index is 0.0727. The third-order valence-corrected chi connectivity index (χ3v) is 4.65. The van der Waals surface area contributed by atoms with Crippen molar-refractivity contribution >= 4 is 17.0 Å². The van der Waals surface area contributed by atoms with E-state index in [0.717, 1.165) is 22.6 Å². The average Bonchev–Trinajstić information content (AvgIpc) is 3.09. The van der Waals surface area contributed by atoms with E-state index < -0.39 is 18.8 Å². The van der Waals surface area contributed by atoms with E-state index in [2.05, 4.69) is 9.97 Å². The first-order valence-electron chi connectivity index (χ1n) is 9.79. The van der Waals surface area contributed by atoms with E-state index in [9.17, 15) is 18.0 Å². The number of nitrogens with one attached hydrogen (secondary N) is 1. The van der Waals surface area contributed by atoms with Crippen molar-refractivity contribution in [1.29, 1.82) is 0 Å². The highest BCUT2D eigenvalue weighted by molar-refractivity contribution is 6.00. The van der Waals surface area contributed by atoms with Crippen LogP contribution >= 0.6 is 0 Å². The van der Waals surface area contributed by atoms with Crippen molar-refractivity contribution < 1.29 is 32.2 Å². The van der Waals surface area contributed by atoms with Gasteiger partial charge in [0.05, 0.1) is 19.1 Å². The van der Waals surface area contributed by atoms with Crippen LogP contribution in [0, 0.1) is 0 Å². The van der Waals surface area contributed by atoms with E-state index in [4.69, 9.17) is 14.2 Å². The zero-order valence-electron chi connectivity index (χ0n) is 17.4. The first-order chi connectivity index (χ1) is 14.8. The molecule has 0 atom stereocenters. The van der Waals surface area contributed by atoms with Gasteiger partial charge < -0.3 is 19.2 Å². The highest BCUT2D eigenvalue weighted by Crippen LogP contribution is 2.33. The number of carbonyl (C=O) groups excluding carboxylic acids is 1. The lowest BCUT2D eigenvalue weighted by Crippen LogP contribution is -2.20. The second-order valence-corrected chi connectivity index (χ2v) is 6.82. The fourth-order valence-corrected chi connectivity index (χ4v) is 3.24. The van der Waals surface area contributed by atoms with E-state index >= 15 is 0 Å². The molecule has 0 bridgehead atoms. The molecule has 31 heavy (non-hydrogen) atoms. The van der Waals surface area contributed by atoms with E-state index in [0.29, 0.717) is 18.2 Å². The average molecular weight is 436 g/mol. The highest BCUT2D eigenvalue weighted by Gasteiger charge is 2.31. The largest absolute Gasteiger partial charge is 0.497 e. The van der Waals surface area contributed by atoms with Gasteiger partial charge in [-0.1, -0.05) is 19.1 Å². The maximum Gasteiger partial charge on any atom is 0.422 e. The van der Waals surface area contributed by atoms with Crippen molar-refractivity contribution in [2.24, 2.45) is 0 Å². The molecular weight excluding hydrogens is 413 g/mol. The topological polar surface area (TPSA) is 73.4 Å². The van der Waals surface area contributed by atoms with E-state index in [1.807, 2.05) is 31.2 Å². The maximum atomic E-state index is 12.8. The van der Waals surface area contributed by atoms with E-state index in [1.165, 1.54) is 0 Å². The summed E-state index contributed by atoms with van der Waals surface area (Å²) < 4.78 is 53.5. The van der Waals surface area contributed by atoms with Crippen molar-refractivity contribution in [3.8, 4) is 11.5 Å². The molecule has 0 saturated carbocycles. The summed E-state index contributed by atoms with van der Waals surface area (Å²) in [5, 5.41) is 0.299. The van der Waals surface area contributed by atoms with Crippen LogP contribution in [0.5, 0.6) is 11.5 Å². The summed E-state index contributed by atoms with van der Waals surface area (Å²) in [4.78, 5) is 19.6. The quantitative estimate of drug-likeness (QED) is 0.512. The number of aryl methyl sites for hydroxylation is 1. The molecule has 0 aliphatic carbocycles. The molecule has 3 aromatic rings. The number of rotatable bonds is 8. The minimum Gasteiger partial charge on any atom is -0.497 e. The molecule has 1 N–H and O–H groups in total. The molecule has 2 aromatic heterocycles. The summed E-state index contributed by atoms with van der Waals surface area (Å²) >= 11 is 0. The molecule has 9 heteroatoms. The summed E-state index contributed by atoms with van der Waals surface area (Å²) in [6.45, 7) is 2.08. The second kappa shape index (κ2) is 9.28. The van der Waals surface area contributed by atoms with Crippen LogP contribution in [0.2, 0.25) is 0 Å². The Morgan fingerprint density at radius 1 is 1.16 bits per heavy atom. The van der Waals surface area contributed by atoms with Gasteiger partial charge in [-0.3, -0.25) is 0 Å². The normalized spacial score (nSPS) is 11.5. The number of hydrogen-bond acceptors (Lipinski definition) is 5. The van der Waals surface area contributed by atoms with E-state index in [1.54, 1.807) is 20.1 Å². The van der Waals surface area contributed by atoms with Crippen LogP contribution in [0.1, 0.15) is 41.2 Å². The zero-order chi connectivity index (χ0) is 22.6. The number of ether oxygens (including phenoxy) is 3. The van der Waals surface area contributed by atoms with Crippen LogP contribution in [-0.2, 0) is 17.6 Å². The summed E-state index contributed by atoms with van der Waals surface area (Å²) in [5.74, 6) is -0.287. The Labute approximate surface area is 177 Å². The van der Waals surface area contributed by atoms with Gasteiger partial charge >= 0.3 is 12.1 Å². The molecule has 0 aliphatic heterocycles. The number of H-pyrrole nitrogens is 1. The van der Waals surface area contributed by atoms with Gasteiger partial charge in [-0.15, -0.1) is 0 Å². The predicted octanol–water partition coefficient (Wildman–Crippen LogP) is 4.84. The minimum atomic E-state index is -4.56. The van der Waals surface area contributed by atoms with Gasteiger partial charge in [0.25, 0.3) is 0 Å². The maximum absolute atomic E-state index is 12.8. The molecule has 0 radical (unpaired) electrons. The molecule has 0 fully saturated rings. The van der Waals surface area contributed by atoms with Crippen molar-refractivity contribution in [3.05, 3.63) is 52.8 Å². The van der Waals surface area contributed by atoms with Crippen LogP contribution in [0.15, 0.2) is 30.3 Å². The monoisotopic (exact) mass is 436 g/mol. The summed E-state index contributed by atoms with van der Waals surface area (Å²) in [6, 6.07) is 9.20. The fraction of sp³-hybridized carbons (Fsp3) is 0.364. The molecule has 0 unspecified atom stereocenters.